The molecule has 0 spiro atoms. The van der Waals surface area contributed by atoms with Gasteiger partial charge in [0.1, 0.15) is 5.82 Å². The second-order valence-electron chi connectivity index (χ2n) is 4.72. The van der Waals surface area contributed by atoms with Crippen LogP contribution in [0.4, 0.5) is 5.82 Å². The Kier molecular flexibility index (Phi) is 3.32. The van der Waals surface area contributed by atoms with Crippen molar-refractivity contribution in [2.75, 3.05) is 12.4 Å². The topological polar surface area (TPSA) is 37.8 Å². The van der Waals surface area contributed by atoms with E-state index in [1.165, 1.54) is 16.7 Å². The number of nitrogens with zero attached hydrogens (tertiary/aromatic N) is 2. The molecule has 94 valence electrons. The van der Waals surface area contributed by atoms with E-state index < -0.39 is 0 Å². The van der Waals surface area contributed by atoms with Gasteiger partial charge in [-0.3, -0.25) is 0 Å². The third kappa shape index (κ3) is 2.35. The average molecular weight is 241 g/mol. The molecule has 0 unspecified atom stereocenters. The molecule has 0 saturated heterocycles. The van der Waals surface area contributed by atoms with Crippen molar-refractivity contribution in [2.24, 2.45) is 0 Å². The van der Waals surface area contributed by atoms with Gasteiger partial charge in [-0.15, -0.1) is 0 Å². The van der Waals surface area contributed by atoms with Crippen LogP contribution in [0.25, 0.3) is 11.4 Å². The van der Waals surface area contributed by atoms with E-state index in [1.807, 2.05) is 20.0 Å². The van der Waals surface area contributed by atoms with Gasteiger partial charge in [-0.05, 0) is 50.5 Å². The Bertz CT molecular complexity index is 589. The molecule has 0 bridgehead atoms. The Balaban J connectivity index is 2.61. The van der Waals surface area contributed by atoms with Crippen LogP contribution in [0, 0.1) is 27.7 Å². The monoisotopic (exact) mass is 241 g/mol. The Morgan fingerprint density at radius 1 is 0.833 bits per heavy atom. The third-order valence-corrected chi connectivity index (χ3v) is 3.19. The van der Waals surface area contributed by atoms with Crippen molar-refractivity contribution in [1.29, 1.82) is 0 Å². The van der Waals surface area contributed by atoms with Gasteiger partial charge in [-0.1, -0.05) is 6.07 Å². The van der Waals surface area contributed by atoms with Gasteiger partial charge < -0.3 is 5.32 Å². The lowest BCUT2D eigenvalue weighted by molar-refractivity contribution is 1.10. The second-order valence-corrected chi connectivity index (χ2v) is 4.72. The van der Waals surface area contributed by atoms with Gasteiger partial charge in [0.2, 0.25) is 0 Å². The van der Waals surface area contributed by atoms with E-state index in [-0.39, 0.29) is 0 Å². The molecule has 0 atom stereocenters. The van der Waals surface area contributed by atoms with Crippen molar-refractivity contribution in [3.8, 4) is 11.4 Å². The van der Waals surface area contributed by atoms with Crippen LogP contribution >= 0.6 is 0 Å². The van der Waals surface area contributed by atoms with Crippen LogP contribution in [0.2, 0.25) is 0 Å². The zero-order valence-corrected chi connectivity index (χ0v) is 11.6. The van der Waals surface area contributed by atoms with Crippen LogP contribution in [0.15, 0.2) is 18.2 Å². The molecule has 0 fully saturated rings. The fraction of sp³-hybridized carbons (Fsp3) is 0.333. The van der Waals surface area contributed by atoms with Crippen LogP contribution in [-0.4, -0.2) is 17.0 Å². The summed E-state index contributed by atoms with van der Waals surface area (Å²) >= 11 is 0. The number of hydrogen-bond acceptors (Lipinski definition) is 3. The first-order valence-corrected chi connectivity index (χ1v) is 6.13. The molecule has 0 radical (unpaired) electrons. The molecule has 0 amide bonds. The van der Waals surface area contributed by atoms with Crippen molar-refractivity contribution in [3.05, 3.63) is 40.6 Å². The van der Waals surface area contributed by atoms with Crippen molar-refractivity contribution in [3.63, 3.8) is 0 Å². The lowest BCUT2D eigenvalue weighted by Gasteiger charge is -2.10. The first-order valence-electron chi connectivity index (χ1n) is 6.13. The summed E-state index contributed by atoms with van der Waals surface area (Å²) in [5.74, 6) is 1.65. The van der Waals surface area contributed by atoms with Crippen molar-refractivity contribution in [2.45, 2.75) is 27.7 Å². The van der Waals surface area contributed by atoms with Gasteiger partial charge in [-0.2, -0.15) is 0 Å². The molecule has 3 nitrogen and oxygen atoms in total. The predicted octanol–water partition coefficient (Wildman–Crippen LogP) is 3.42. The highest BCUT2D eigenvalue weighted by Crippen LogP contribution is 2.24. The minimum absolute atomic E-state index is 0.792. The summed E-state index contributed by atoms with van der Waals surface area (Å²) in [4.78, 5) is 9.06. The third-order valence-electron chi connectivity index (χ3n) is 3.19. The number of nitrogens with one attached hydrogen (secondary N) is 1. The fourth-order valence-electron chi connectivity index (χ4n) is 2.02. The molecule has 0 saturated carbocycles. The van der Waals surface area contributed by atoms with Crippen LogP contribution < -0.4 is 5.32 Å². The molecule has 0 aliphatic carbocycles. The van der Waals surface area contributed by atoms with Crippen LogP contribution in [0.3, 0.4) is 0 Å². The summed E-state index contributed by atoms with van der Waals surface area (Å²) in [7, 11) is 1.87. The molecule has 1 heterocycles. The molecule has 1 aromatic carbocycles. The average Bonchev–Trinajstić information content (AvgIpc) is 2.33. The minimum atomic E-state index is 0.792. The largest absolute Gasteiger partial charge is 0.373 e. The highest BCUT2D eigenvalue weighted by Gasteiger charge is 2.09. The molecule has 0 aliphatic rings. The van der Waals surface area contributed by atoms with E-state index in [0.29, 0.717) is 0 Å². The Labute approximate surface area is 108 Å². The number of benzene rings is 1. The first-order chi connectivity index (χ1) is 8.51. The summed E-state index contributed by atoms with van der Waals surface area (Å²) in [6, 6.07) is 6.30. The first kappa shape index (κ1) is 12.6. The molecule has 0 aliphatic heterocycles. The quantitative estimate of drug-likeness (QED) is 0.875. The van der Waals surface area contributed by atoms with Crippen molar-refractivity contribution in [1.82, 2.24) is 9.97 Å². The lowest BCUT2D eigenvalue weighted by Crippen LogP contribution is -2.00. The van der Waals surface area contributed by atoms with Gasteiger partial charge in [0.15, 0.2) is 5.82 Å². The summed E-state index contributed by atoms with van der Waals surface area (Å²) in [5.41, 5.74) is 5.87. The maximum absolute atomic E-state index is 4.53. The Hall–Kier alpha value is -1.90. The van der Waals surface area contributed by atoms with E-state index in [1.54, 1.807) is 0 Å². The number of aryl methyl sites for hydroxylation is 4. The second kappa shape index (κ2) is 4.77. The molecular formula is C15H19N3. The van der Waals surface area contributed by atoms with Gasteiger partial charge in [0.25, 0.3) is 0 Å². The number of hydrogen-bond donors (Lipinski definition) is 1. The van der Waals surface area contributed by atoms with E-state index in [9.17, 15) is 0 Å². The summed E-state index contributed by atoms with van der Waals surface area (Å²) < 4.78 is 0. The van der Waals surface area contributed by atoms with E-state index in [2.05, 4.69) is 48.2 Å². The van der Waals surface area contributed by atoms with Crippen LogP contribution in [-0.2, 0) is 0 Å². The van der Waals surface area contributed by atoms with E-state index >= 15 is 0 Å². The molecule has 1 aromatic heterocycles. The van der Waals surface area contributed by atoms with Crippen LogP contribution in [0.5, 0.6) is 0 Å². The number of rotatable bonds is 2. The van der Waals surface area contributed by atoms with Gasteiger partial charge in [0, 0.05) is 24.4 Å². The SMILES string of the molecule is CNc1cc(C)nc(-c2cc(C)c(C)cc2C)n1. The van der Waals surface area contributed by atoms with Crippen molar-refractivity contribution >= 4 is 5.82 Å². The molecule has 2 rings (SSSR count). The van der Waals surface area contributed by atoms with E-state index in [4.69, 9.17) is 0 Å². The lowest BCUT2D eigenvalue weighted by atomic mass is 10.0. The number of anilines is 1. The molecule has 18 heavy (non-hydrogen) atoms. The standard InChI is InChI=1S/C15H19N3/c1-9-6-11(3)13(7-10(9)2)15-17-12(4)8-14(16-5)18-15/h6-8H,1-5H3,(H,16,17,18). The molecule has 2 aromatic rings. The van der Waals surface area contributed by atoms with Crippen LogP contribution in [0.1, 0.15) is 22.4 Å². The summed E-state index contributed by atoms with van der Waals surface area (Å²) in [6.07, 6.45) is 0. The van der Waals surface area contributed by atoms with Gasteiger partial charge in [-0.25, -0.2) is 9.97 Å². The summed E-state index contributed by atoms with van der Waals surface area (Å²) in [5, 5.41) is 3.07. The number of aromatic nitrogens is 2. The van der Waals surface area contributed by atoms with Gasteiger partial charge in [0.05, 0.1) is 0 Å². The van der Waals surface area contributed by atoms with Gasteiger partial charge >= 0.3 is 0 Å². The smallest absolute Gasteiger partial charge is 0.162 e. The maximum atomic E-state index is 4.53. The van der Waals surface area contributed by atoms with E-state index in [0.717, 1.165) is 22.9 Å². The zero-order chi connectivity index (χ0) is 13.3. The molecule has 3 heteroatoms. The Morgan fingerprint density at radius 2 is 1.50 bits per heavy atom. The predicted molar refractivity (Wildman–Crippen MR) is 76.0 cm³/mol. The highest BCUT2D eigenvalue weighted by atomic mass is 15.0. The highest BCUT2D eigenvalue weighted by molar-refractivity contribution is 5.63. The molecular weight excluding hydrogens is 222 g/mol. The Morgan fingerprint density at radius 3 is 2.17 bits per heavy atom. The van der Waals surface area contributed by atoms with Crippen molar-refractivity contribution < 1.29 is 0 Å². The minimum Gasteiger partial charge on any atom is -0.373 e. The normalized spacial score (nSPS) is 10.5. The fourth-order valence-corrected chi connectivity index (χ4v) is 2.02. The molecule has 1 N–H and O–H groups in total. The zero-order valence-electron chi connectivity index (χ0n) is 11.6. The maximum Gasteiger partial charge on any atom is 0.162 e. The summed E-state index contributed by atoms with van der Waals surface area (Å²) in [6.45, 7) is 8.34.